The van der Waals surface area contributed by atoms with E-state index in [9.17, 15) is 9.36 Å². The van der Waals surface area contributed by atoms with Crippen molar-refractivity contribution in [2.45, 2.75) is 71.7 Å². The number of ether oxygens (including phenoxy) is 1. The van der Waals surface area contributed by atoms with Crippen LogP contribution in [0.4, 0.5) is 0 Å². The van der Waals surface area contributed by atoms with Crippen molar-refractivity contribution in [3.05, 3.63) is 102 Å². The molecule has 1 atom stereocenters. The van der Waals surface area contributed by atoms with E-state index in [-0.39, 0.29) is 37.5 Å². The van der Waals surface area contributed by atoms with Crippen LogP contribution in [0.5, 0.6) is 5.75 Å². The van der Waals surface area contributed by atoms with Gasteiger partial charge in [-0.15, -0.1) is 0 Å². The highest BCUT2D eigenvalue weighted by molar-refractivity contribution is 7.48. The molecule has 0 aliphatic rings. The second-order valence-electron chi connectivity index (χ2n) is 8.99. The molecule has 0 N–H and O–H groups in total. The van der Waals surface area contributed by atoms with E-state index in [0.29, 0.717) is 5.56 Å². The Morgan fingerprint density at radius 2 is 1.35 bits per heavy atom. The molecular weight excluding hydrogens is 487 g/mol. The van der Waals surface area contributed by atoms with E-state index < -0.39 is 7.82 Å². The van der Waals surface area contributed by atoms with Gasteiger partial charge in [0.1, 0.15) is 5.75 Å². The highest BCUT2D eigenvalue weighted by Gasteiger charge is 2.30. The molecule has 0 aromatic heterocycles. The maximum Gasteiger partial charge on any atom is 0.530 e. The SMILES string of the molecule is CCCCCCC(C)OC(=O)Cc1ccccc1OP(=O)(OCc1ccccc1)OCc1ccccc1. The van der Waals surface area contributed by atoms with Crippen molar-refractivity contribution in [3.63, 3.8) is 0 Å². The van der Waals surface area contributed by atoms with Crippen molar-refractivity contribution < 1.29 is 27.7 Å². The quantitative estimate of drug-likeness (QED) is 0.107. The Hall–Kier alpha value is -2.92. The molecule has 3 rings (SSSR count). The van der Waals surface area contributed by atoms with E-state index >= 15 is 0 Å². The third-order valence-electron chi connectivity index (χ3n) is 5.78. The number of unbranched alkanes of at least 4 members (excludes halogenated alkanes) is 3. The predicted octanol–water partition coefficient (Wildman–Crippen LogP) is 8.05. The molecule has 0 saturated heterocycles. The maximum absolute atomic E-state index is 13.7. The summed E-state index contributed by atoms with van der Waals surface area (Å²) in [7, 11) is -4.04. The number of esters is 1. The molecule has 0 bridgehead atoms. The van der Waals surface area contributed by atoms with Crippen molar-refractivity contribution in [2.24, 2.45) is 0 Å². The van der Waals surface area contributed by atoms with Gasteiger partial charge in [0.15, 0.2) is 0 Å². The summed E-state index contributed by atoms with van der Waals surface area (Å²) >= 11 is 0. The van der Waals surface area contributed by atoms with Gasteiger partial charge in [0.2, 0.25) is 0 Å². The van der Waals surface area contributed by atoms with Crippen LogP contribution in [0.15, 0.2) is 84.9 Å². The molecule has 3 aromatic rings. The second-order valence-corrected chi connectivity index (χ2v) is 10.6. The molecule has 37 heavy (non-hydrogen) atoms. The smallest absolute Gasteiger partial charge is 0.462 e. The molecule has 0 heterocycles. The van der Waals surface area contributed by atoms with Crippen LogP contribution < -0.4 is 4.52 Å². The van der Waals surface area contributed by atoms with Crippen molar-refractivity contribution in [1.82, 2.24) is 0 Å². The zero-order chi connectivity index (χ0) is 26.3. The maximum atomic E-state index is 13.7. The lowest BCUT2D eigenvalue weighted by Gasteiger charge is -2.20. The summed E-state index contributed by atoms with van der Waals surface area (Å²) in [5, 5.41) is 0. The lowest BCUT2D eigenvalue weighted by atomic mass is 10.1. The van der Waals surface area contributed by atoms with E-state index in [2.05, 4.69) is 6.92 Å². The number of benzene rings is 3. The van der Waals surface area contributed by atoms with Crippen LogP contribution in [0, 0.1) is 0 Å². The van der Waals surface area contributed by atoms with Gasteiger partial charge in [-0.1, -0.05) is 105 Å². The van der Waals surface area contributed by atoms with Gasteiger partial charge in [0.05, 0.1) is 25.7 Å². The van der Waals surface area contributed by atoms with Gasteiger partial charge in [-0.3, -0.25) is 13.8 Å². The average molecular weight is 525 g/mol. The summed E-state index contributed by atoms with van der Waals surface area (Å²) in [5.41, 5.74) is 2.22. The Bertz CT molecular complexity index is 1070. The lowest BCUT2D eigenvalue weighted by molar-refractivity contribution is -0.147. The van der Waals surface area contributed by atoms with Crippen LogP contribution in [0.25, 0.3) is 0 Å². The second kappa shape index (κ2) is 15.4. The van der Waals surface area contributed by atoms with E-state index in [0.717, 1.165) is 30.4 Å². The van der Waals surface area contributed by atoms with Crippen molar-refractivity contribution in [3.8, 4) is 5.75 Å². The summed E-state index contributed by atoms with van der Waals surface area (Å²) < 4.78 is 36.7. The Balaban J connectivity index is 1.68. The minimum absolute atomic E-state index is 0.00710. The third kappa shape index (κ3) is 10.5. The molecule has 0 radical (unpaired) electrons. The molecule has 1 unspecified atom stereocenters. The molecule has 7 heteroatoms. The number of rotatable bonds is 16. The first-order valence-corrected chi connectivity index (χ1v) is 14.4. The first kappa shape index (κ1) is 28.6. The van der Waals surface area contributed by atoms with Crippen LogP contribution in [0.2, 0.25) is 0 Å². The van der Waals surface area contributed by atoms with Gasteiger partial charge in [0, 0.05) is 5.56 Å². The van der Waals surface area contributed by atoms with Gasteiger partial charge < -0.3 is 9.26 Å². The predicted molar refractivity (Wildman–Crippen MR) is 145 cm³/mol. The van der Waals surface area contributed by atoms with Gasteiger partial charge in [0.25, 0.3) is 0 Å². The number of phosphoric acid groups is 1. The fraction of sp³-hybridized carbons (Fsp3) is 0.367. The lowest BCUT2D eigenvalue weighted by Crippen LogP contribution is -2.17. The van der Waals surface area contributed by atoms with Gasteiger partial charge >= 0.3 is 13.8 Å². The van der Waals surface area contributed by atoms with Crippen molar-refractivity contribution in [1.29, 1.82) is 0 Å². The number of para-hydroxylation sites is 1. The molecular formula is C30H37O6P. The number of carbonyl (C=O) groups is 1. The molecule has 0 aliphatic heterocycles. The van der Waals surface area contributed by atoms with Crippen LogP contribution in [0.1, 0.15) is 62.6 Å². The minimum Gasteiger partial charge on any atom is -0.462 e. The standard InChI is InChI=1S/C30H37O6P/c1-3-4-5-8-15-25(2)35-30(31)22-28-20-13-14-21-29(28)36-37(32,33-23-26-16-9-6-10-17-26)34-24-27-18-11-7-12-19-27/h6-7,9-14,16-21,25H,3-5,8,15,22-24H2,1-2H3. The topological polar surface area (TPSA) is 71.1 Å². The molecule has 3 aromatic carbocycles. The number of hydrogen-bond acceptors (Lipinski definition) is 6. The fourth-order valence-electron chi connectivity index (χ4n) is 3.74. The van der Waals surface area contributed by atoms with Crippen molar-refractivity contribution >= 4 is 13.8 Å². The molecule has 198 valence electrons. The van der Waals surface area contributed by atoms with E-state index in [1.54, 1.807) is 24.3 Å². The third-order valence-corrected chi connectivity index (χ3v) is 7.09. The van der Waals surface area contributed by atoms with Crippen molar-refractivity contribution in [2.75, 3.05) is 0 Å². The molecule has 0 aliphatic carbocycles. The Labute approximate surface area is 220 Å². The monoisotopic (exact) mass is 524 g/mol. The van der Waals surface area contributed by atoms with E-state index in [4.69, 9.17) is 18.3 Å². The molecule has 0 saturated carbocycles. The van der Waals surface area contributed by atoms with Gasteiger partial charge in [-0.25, -0.2) is 4.57 Å². The fourth-order valence-corrected chi connectivity index (χ4v) is 4.96. The van der Waals surface area contributed by atoms with Gasteiger partial charge in [-0.05, 0) is 37.0 Å². The normalized spacial score (nSPS) is 12.2. The summed E-state index contributed by atoms with van der Waals surface area (Å²) in [6, 6.07) is 25.7. The zero-order valence-electron chi connectivity index (χ0n) is 21.7. The summed E-state index contributed by atoms with van der Waals surface area (Å²) in [6.45, 7) is 4.18. The van der Waals surface area contributed by atoms with E-state index in [1.807, 2.05) is 67.6 Å². The molecule has 0 spiro atoms. The number of hydrogen-bond donors (Lipinski definition) is 0. The number of phosphoric ester groups is 1. The number of carbonyl (C=O) groups excluding carboxylic acids is 1. The first-order valence-electron chi connectivity index (χ1n) is 12.9. The Morgan fingerprint density at radius 1 is 0.784 bits per heavy atom. The summed E-state index contributed by atoms with van der Waals surface area (Å²) in [4.78, 5) is 12.6. The van der Waals surface area contributed by atoms with Crippen LogP contribution in [-0.2, 0) is 42.8 Å². The van der Waals surface area contributed by atoms with Gasteiger partial charge in [-0.2, -0.15) is 0 Å². The molecule has 0 fully saturated rings. The van der Waals surface area contributed by atoms with E-state index in [1.165, 1.54) is 12.8 Å². The zero-order valence-corrected chi connectivity index (χ0v) is 22.6. The summed E-state index contributed by atoms with van der Waals surface area (Å²) in [6.07, 6.45) is 5.18. The average Bonchev–Trinajstić information content (AvgIpc) is 2.91. The Kier molecular flexibility index (Phi) is 11.9. The Morgan fingerprint density at radius 3 is 1.95 bits per heavy atom. The highest BCUT2D eigenvalue weighted by Crippen LogP contribution is 2.51. The molecule has 6 nitrogen and oxygen atoms in total. The first-order chi connectivity index (χ1) is 18.0. The summed E-state index contributed by atoms with van der Waals surface area (Å²) in [5.74, 6) is -0.0937. The minimum atomic E-state index is -4.04. The molecule has 0 amide bonds. The van der Waals surface area contributed by atoms with Crippen LogP contribution >= 0.6 is 7.82 Å². The largest absolute Gasteiger partial charge is 0.530 e. The van der Waals surface area contributed by atoms with Crippen LogP contribution in [0.3, 0.4) is 0 Å². The highest BCUT2D eigenvalue weighted by atomic mass is 31.2. The van der Waals surface area contributed by atoms with Crippen LogP contribution in [-0.4, -0.2) is 12.1 Å².